The largest absolute Gasteiger partial charge is 0.416 e. The monoisotopic (exact) mass is 410 g/mol. The summed E-state index contributed by atoms with van der Waals surface area (Å²) in [4.78, 5) is 12.8. The van der Waals surface area contributed by atoms with Gasteiger partial charge in [0, 0.05) is 24.0 Å². The first-order valence-corrected chi connectivity index (χ1v) is 8.70. The first-order chi connectivity index (χ1) is 13.6. The van der Waals surface area contributed by atoms with Crippen molar-refractivity contribution in [1.29, 1.82) is 0 Å². The molecule has 0 N–H and O–H groups in total. The van der Waals surface area contributed by atoms with Crippen LogP contribution in [-0.4, -0.2) is 15.7 Å². The average Bonchev–Trinajstić information content (AvgIpc) is 3.37. The van der Waals surface area contributed by atoms with Gasteiger partial charge in [0.15, 0.2) is 0 Å². The Morgan fingerprint density at radius 1 is 1.07 bits per heavy atom. The molecule has 0 unspecified atom stereocenters. The summed E-state index contributed by atoms with van der Waals surface area (Å²) in [5.74, 6) is -1.50. The van der Waals surface area contributed by atoms with E-state index in [-0.39, 0.29) is 17.9 Å². The predicted octanol–water partition coefficient (Wildman–Crippen LogP) is 4.42. The van der Waals surface area contributed by atoms with Crippen LogP contribution in [0.1, 0.15) is 24.1 Å². The lowest BCUT2D eigenvalue weighted by Crippen LogP contribution is -2.32. The molecule has 1 aromatic heterocycles. The molecular weight excluding hydrogens is 395 g/mol. The van der Waals surface area contributed by atoms with Crippen molar-refractivity contribution in [1.82, 2.24) is 9.13 Å². The zero-order valence-corrected chi connectivity index (χ0v) is 15.1. The number of alkyl halides is 3. The number of benzene rings is 2. The van der Waals surface area contributed by atoms with E-state index in [9.17, 15) is 26.7 Å². The van der Waals surface area contributed by atoms with Gasteiger partial charge in [0.1, 0.15) is 17.2 Å². The van der Waals surface area contributed by atoms with Crippen LogP contribution in [0.3, 0.4) is 0 Å². The summed E-state index contributed by atoms with van der Waals surface area (Å²) in [5, 5.41) is 0. The third-order valence-corrected chi connectivity index (χ3v) is 5.21. The highest BCUT2D eigenvalue weighted by Gasteiger charge is 2.54. The second-order valence-electron chi connectivity index (χ2n) is 6.88. The number of epoxide rings is 1. The summed E-state index contributed by atoms with van der Waals surface area (Å²) >= 11 is 0. The van der Waals surface area contributed by atoms with E-state index in [4.69, 9.17) is 4.74 Å². The van der Waals surface area contributed by atoms with E-state index in [1.54, 1.807) is 6.92 Å². The number of imidazole rings is 1. The van der Waals surface area contributed by atoms with Gasteiger partial charge in [-0.05, 0) is 37.3 Å². The minimum Gasteiger partial charge on any atom is -0.362 e. The van der Waals surface area contributed by atoms with E-state index in [0.717, 1.165) is 24.3 Å². The first kappa shape index (κ1) is 19.4. The molecule has 0 aliphatic carbocycles. The van der Waals surface area contributed by atoms with E-state index in [1.807, 2.05) is 0 Å². The fourth-order valence-electron chi connectivity index (χ4n) is 3.45. The van der Waals surface area contributed by atoms with Gasteiger partial charge in [-0.1, -0.05) is 6.07 Å². The number of ether oxygens (including phenoxy) is 1. The maximum Gasteiger partial charge on any atom is 0.416 e. The van der Waals surface area contributed by atoms with Gasteiger partial charge >= 0.3 is 11.9 Å². The molecule has 0 spiro atoms. The summed E-state index contributed by atoms with van der Waals surface area (Å²) in [6, 6.07) is 6.69. The van der Waals surface area contributed by atoms with Crippen LogP contribution in [0.4, 0.5) is 22.0 Å². The van der Waals surface area contributed by atoms with Crippen LogP contribution in [0.5, 0.6) is 0 Å². The van der Waals surface area contributed by atoms with Gasteiger partial charge in [0.25, 0.3) is 0 Å². The van der Waals surface area contributed by atoms with Crippen LogP contribution >= 0.6 is 0 Å². The highest BCUT2D eigenvalue weighted by molar-refractivity contribution is 5.36. The highest BCUT2D eigenvalue weighted by Crippen LogP contribution is 2.48. The second kappa shape index (κ2) is 6.55. The average molecular weight is 410 g/mol. The van der Waals surface area contributed by atoms with E-state index in [2.05, 4.69) is 0 Å². The van der Waals surface area contributed by atoms with Crippen molar-refractivity contribution in [3.63, 3.8) is 0 Å². The third-order valence-electron chi connectivity index (χ3n) is 5.21. The van der Waals surface area contributed by atoms with Gasteiger partial charge in [-0.3, -0.25) is 9.13 Å². The van der Waals surface area contributed by atoms with E-state index in [0.29, 0.717) is 0 Å². The van der Waals surface area contributed by atoms with Crippen molar-refractivity contribution in [2.24, 2.45) is 0 Å². The Morgan fingerprint density at radius 2 is 1.72 bits per heavy atom. The van der Waals surface area contributed by atoms with Crippen molar-refractivity contribution in [2.75, 3.05) is 6.61 Å². The van der Waals surface area contributed by atoms with Crippen LogP contribution < -0.4 is 5.69 Å². The lowest BCUT2D eigenvalue weighted by atomic mass is 9.92. The van der Waals surface area contributed by atoms with Crippen LogP contribution in [0, 0.1) is 11.6 Å². The number of aromatic nitrogens is 2. The topological polar surface area (TPSA) is 39.5 Å². The van der Waals surface area contributed by atoms with Crippen LogP contribution in [0.2, 0.25) is 0 Å². The minimum absolute atomic E-state index is 0.139. The molecule has 0 saturated carbocycles. The Bertz CT molecular complexity index is 1110. The number of rotatable bonds is 4. The number of hydrogen-bond acceptors (Lipinski definition) is 2. The highest BCUT2D eigenvalue weighted by atomic mass is 19.4. The molecule has 9 heteroatoms. The molecule has 0 radical (unpaired) electrons. The Labute approximate surface area is 161 Å². The van der Waals surface area contributed by atoms with E-state index < -0.39 is 40.7 Å². The SMILES string of the molecule is C[C@@H](n1ccn(-c2ccc(C(F)(F)F)cc2)c1=O)[C@@]1(c2ccc(F)cc2F)CO1. The van der Waals surface area contributed by atoms with Gasteiger partial charge in [-0.25, -0.2) is 13.6 Å². The molecule has 0 amide bonds. The fraction of sp³-hybridized carbons (Fsp3) is 0.250. The van der Waals surface area contributed by atoms with Crippen LogP contribution in [0.25, 0.3) is 5.69 Å². The van der Waals surface area contributed by atoms with Crippen molar-refractivity contribution in [3.05, 3.63) is 88.1 Å². The molecule has 4 rings (SSSR count). The van der Waals surface area contributed by atoms with Gasteiger partial charge < -0.3 is 4.74 Å². The van der Waals surface area contributed by atoms with Crippen molar-refractivity contribution < 1.29 is 26.7 Å². The molecule has 2 heterocycles. The van der Waals surface area contributed by atoms with Crippen molar-refractivity contribution >= 4 is 0 Å². The Morgan fingerprint density at radius 3 is 2.28 bits per heavy atom. The smallest absolute Gasteiger partial charge is 0.362 e. The van der Waals surface area contributed by atoms with E-state index in [1.165, 1.54) is 39.7 Å². The Kier molecular flexibility index (Phi) is 4.38. The summed E-state index contributed by atoms with van der Waals surface area (Å²) in [6.07, 6.45) is -1.60. The van der Waals surface area contributed by atoms with Gasteiger partial charge in [-0.15, -0.1) is 0 Å². The summed E-state index contributed by atoms with van der Waals surface area (Å²) in [7, 11) is 0. The lowest BCUT2D eigenvalue weighted by molar-refractivity contribution is -0.137. The molecule has 2 atom stereocenters. The zero-order valence-electron chi connectivity index (χ0n) is 15.1. The molecule has 0 bridgehead atoms. The van der Waals surface area contributed by atoms with Crippen molar-refractivity contribution in [2.45, 2.75) is 24.7 Å². The minimum atomic E-state index is -4.47. The maximum absolute atomic E-state index is 14.3. The summed E-state index contributed by atoms with van der Waals surface area (Å²) in [6.45, 7) is 1.81. The molecule has 1 aliphatic rings. The molecule has 1 aliphatic heterocycles. The molecule has 3 aromatic rings. The quantitative estimate of drug-likeness (QED) is 0.472. The number of hydrogen-bond donors (Lipinski definition) is 0. The molecule has 1 fully saturated rings. The standard InChI is InChI=1S/C20H15F5N2O2/c1-12(19(11-29-19)16-7-4-14(21)10-17(16)22)26-8-9-27(18(26)28)15-5-2-13(3-6-15)20(23,24)25/h2-10,12H,11H2,1H3/t12-,19-/m1/s1. The van der Waals surface area contributed by atoms with Gasteiger partial charge in [0.2, 0.25) is 0 Å². The molecule has 4 nitrogen and oxygen atoms in total. The van der Waals surface area contributed by atoms with Crippen LogP contribution in [-0.2, 0) is 16.5 Å². The van der Waals surface area contributed by atoms with Gasteiger partial charge in [-0.2, -0.15) is 13.2 Å². The molecule has 1 saturated heterocycles. The molecule has 152 valence electrons. The van der Waals surface area contributed by atoms with E-state index >= 15 is 0 Å². The predicted molar refractivity (Wildman–Crippen MR) is 93.7 cm³/mol. The first-order valence-electron chi connectivity index (χ1n) is 8.70. The summed E-state index contributed by atoms with van der Waals surface area (Å²) < 4.78 is 73.7. The lowest BCUT2D eigenvalue weighted by Gasteiger charge is -2.22. The van der Waals surface area contributed by atoms with Gasteiger partial charge in [0.05, 0.1) is 23.9 Å². The van der Waals surface area contributed by atoms with Crippen LogP contribution in [0.15, 0.2) is 59.7 Å². The fourth-order valence-corrected chi connectivity index (χ4v) is 3.45. The molecular formula is C20H15F5N2O2. The maximum atomic E-state index is 14.3. The second-order valence-corrected chi connectivity index (χ2v) is 6.88. The Hall–Kier alpha value is -2.94. The number of nitrogens with zero attached hydrogens (tertiary/aromatic N) is 2. The Balaban J connectivity index is 1.67. The molecule has 29 heavy (non-hydrogen) atoms. The third kappa shape index (κ3) is 3.25. The zero-order chi connectivity index (χ0) is 21.0. The normalized spacial score (nSPS) is 19.9. The molecule has 2 aromatic carbocycles. The van der Waals surface area contributed by atoms with Crippen molar-refractivity contribution in [3.8, 4) is 5.69 Å². The number of halogens is 5. The summed E-state index contributed by atoms with van der Waals surface area (Å²) in [5.41, 5.74) is -2.06.